The van der Waals surface area contributed by atoms with Crippen molar-refractivity contribution in [2.75, 3.05) is 14.2 Å². The third-order valence-electron chi connectivity index (χ3n) is 3.11. The van der Waals surface area contributed by atoms with Gasteiger partial charge in [-0.1, -0.05) is 6.07 Å². The molecule has 2 aromatic rings. The summed E-state index contributed by atoms with van der Waals surface area (Å²) in [7, 11) is 3.08. The van der Waals surface area contributed by atoms with Gasteiger partial charge in [-0.25, -0.2) is 4.98 Å². The minimum atomic E-state index is -0.0417. The average molecular weight is 274 g/mol. The molecule has 106 valence electrons. The van der Waals surface area contributed by atoms with Crippen LogP contribution in [0.3, 0.4) is 0 Å². The number of rotatable bonds is 3. The van der Waals surface area contributed by atoms with Crippen molar-refractivity contribution in [1.29, 1.82) is 0 Å². The Morgan fingerprint density at radius 2 is 1.70 bits per heavy atom. The van der Waals surface area contributed by atoms with Crippen LogP contribution in [0, 0.1) is 20.8 Å². The highest BCUT2D eigenvalue weighted by atomic mass is 16.5. The van der Waals surface area contributed by atoms with E-state index in [1.54, 1.807) is 14.0 Å². The fourth-order valence-electron chi connectivity index (χ4n) is 2.17. The first-order valence-corrected chi connectivity index (χ1v) is 6.25. The van der Waals surface area contributed by atoms with Crippen LogP contribution in [0.25, 0.3) is 11.4 Å². The third kappa shape index (κ3) is 2.39. The molecule has 0 amide bonds. The Bertz CT molecular complexity index is 654. The largest absolute Gasteiger partial charge is 0.502 e. The first kappa shape index (κ1) is 14.1. The lowest BCUT2D eigenvalue weighted by atomic mass is 10.0. The number of aromatic hydroxyl groups is 1. The molecule has 1 N–H and O–H groups in total. The standard InChI is InChI=1S/C15H18N2O3/c1-8-6-9(2)12(11(7-8)19-4)14-16-10(3)13(18)15(17-14)20-5/h6-7,18H,1-5H3. The van der Waals surface area contributed by atoms with E-state index in [1.807, 2.05) is 26.0 Å². The molecule has 0 saturated carbocycles. The molecule has 5 nitrogen and oxygen atoms in total. The van der Waals surface area contributed by atoms with Gasteiger partial charge in [-0.2, -0.15) is 4.98 Å². The van der Waals surface area contributed by atoms with E-state index in [0.717, 1.165) is 16.7 Å². The maximum absolute atomic E-state index is 9.83. The Balaban J connectivity index is 2.71. The molecule has 0 unspecified atom stereocenters. The van der Waals surface area contributed by atoms with Crippen molar-refractivity contribution in [3.05, 3.63) is 29.0 Å². The van der Waals surface area contributed by atoms with Gasteiger partial charge in [0.2, 0.25) is 0 Å². The maximum Gasteiger partial charge on any atom is 0.260 e. The van der Waals surface area contributed by atoms with Gasteiger partial charge < -0.3 is 14.6 Å². The van der Waals surface area contributed by atoms with Gasteiger partial charge >= 0.3 is 0 Å². The topological polar surface area (TPSA) is 64.5 Å². The lowest BCUT2D eigenvalue weighted by Crippen LogP contribution is -2.00. The number of hydrogen-bond acceptors (Lipinski definition) is 5. The Kier molecular flexibility index (Phi) is 3.79. The van der Waals surface area contributed by atoms with Crippen LogP contribution in [0.4, 0.5) is 0 Å². The van der Waals surface area contributed by atoms with Crippen molar-refractivity contribution in [3.63, 3.8) is 0 Å². The van der Waals surface area contributed by atoms with Crippen LogP contribution >= 0.6 is 0 Å². The summed E-state index contributed by atoms with van der Waals surface area (Å²) in [5.74, 6) is 1.30. The van der Waals surface area contributed by atoms with E-state index in [1.165, 1.54) is 7.11 Å². The smallest absolute Gasteiger partial charge is 0.260 e. The molecule has 0 fully saturated rings. The average Bonchev–Trinajstić information content (AvgIpc) is 2.41. The van der Waals surface area contributed by atoms with Gasteiger partial charge in [-0.3, -0.25) is 0 Å². The molecule has 20 heavy (non-hydrogen) atoms. The van der Waals surface area contributed by atoms with Gasteiger partial charge in [0.25, 0.3) is 5.88 Å². The number of aromatic nitrogens is 2. The van der Waals surface area contributed by atoms with Crippen molar-refractivity contribution in [1.82, 2.24) is 9.97 Å². The van der Waals surface area contributed by atoms with Crippen molar-refractivity contribution >= 4 is 0 Å². The number of ether oxygens (including phenoxy) is 2. The predicted octanol–water partition coefficient (Wildman–Crippen LogP) is 2.79. The van der Waals surface area contributed by atoms with Gasteiger partial charge in [0.05, 0.1) is 25.5 Å². The molecular formula is C15H18N2O3. The van der Waals surface area contributed by atoms with Crippen LogP contribution in [0.2, 0.25) is 0 Å². The van der Waals surface area contributed by atoms with Gasteiger partial charge in [-0.05, 0) is 38.0 Å². The molecule has 0 saturated heterocycles. The first-order valence-electron chi connectivity index (χ1n) is 6.25. The van der Waals surface area contributed by atoms with Crippen LogP contribution in [0.5, 0.6) is 17.4 Å². The van der Waals surface area contributed by atoms with E-state index in [9.17, 15) is 5.11 Å². The summed E-state index contributed by atoms with van der Waals surface area (Å²) in [5.41, 5.74) is 3.38. The molecule has 2 rings (SSSR count). The molecule has 0 aliphatic carbocycles. The van der Waals surface area contributed by atoms with Gasteiger partial charge in [-0.15, -0.1) is 0 Å². The molecule has 0 radical (unpaired) electrons. The Hall–Kier alpha value is -2.30. The summed E-state index contributed by atoms with van der Waals surface area (Å²) in [4.78, 5) is 8.59. The fraction of sp³-hybridized carbons (Fsp3) is 0.333. The zero-order chi connectivity index (χ0) is 14.9. The van der Waals surface area contributed by atoms with Crippen molar-refractivity contribution in [3.8, 4) is 28.8 Å². The maximum atomic E-state index is 9.83. The quantitative estimate of drug-likeness (QED) is 0.932. The van der Waals surface area contributed by atoms with E-state index in [2.05, 4.69) is 9.97 Å². The summed E-state index contributed by atoms with van der Waals surface area (Å²) in [6.45, 7) is 5.69. The van der Waals surface area contributed by atoms with Crippen LogP contribution in [0.15, 0.2) is 12.1 Å². The second-order valence-corrected chi connectivity index (χ2v) is 4.65. The van der Waals surface area contributed by atoms with E-state index in [-0.39, 0.29) is 11.6 Å². The minimum absolute atomic E-state index is 0.0417. The van der Waals surface area contributed by atoms with Gasteiger partial charge in [0.15, 0.2) is 11.6 Å². The third-order valence-corrected chi connectivity index (χ3v) is 3.11. The number of nitrogens with zero attached hydrogens (tertiary/aromatic N) is 2. The fourth-order valence-corrected chi connectivity index (χ4v) is 2.17. The Morgan fingerprint density at radius 3 is 2.30 bits per heavy atom. The van der Waals surface area contributed by atoms with Crippen LogP contribution < -0.4 is 9.47 Å². The monoisotopic (exact) mass is 274 g/mol. The molecule has 0 bridgehead atoms. The van der Waals surface area contributed by atoms with E-state index in [0.29, 0.717) is 17.3 Å². The number of aryl methyl sites for hydroxylation is 3. The van der Waals surface area contributed by atoms with Crippen LogP contribution in [-0.2, 0) is 0 Å². The molecule has 0 spiro atoms. The highest BCUT2D eigenvalue weighted by Gasteiger charge is 2.17. The van der Waals surface area contributed by atoms with Crippen molar-refractivity contribution in [2.24, 2.45) is 0 Å². The highest BCUT2D eigenvalue weighted by molar-refractivity contribution is 5.70. The summed E-state index contributed by atoms with van der Waals surface area (Å²) in [6, 6.07) is 3.97. The molecule has 1 aromatic heterocycles. The normalized spacial score (nSPS) is 10.4. The number of methoxy groups -OCH3 is 2. The first-order chi connectivity index (χ1) is 9.47. The molecule has 0 atom stereocenters. The van der Waals surface area contributed by atoms with Gasteiger partial charge in [0.1, 0.15) is 5.75 Å². The Labute approximate surface area is 118 Å². The molecular weight excluding hydrogens is 256 g/mol. The highest BCUT2D eigenvalue weighted by Crippen LogP contribution is 2.35. The molecule has 1 aromatic carbocycles. The van der Waals surface area contributed by atoms with E-state index in [4.69, 9.17) is 9.47 Å². The summed E-state index contributed by atoms with van der Waals surface area (Å²) in [5, 5.41) is 9.83. The Morgan fingerprint density at radius 1 is 1.00 bits per heavy atom. The van der Waals surface area contributed by atoms with Crippen molar-refractivity contribution in [2.45, 2.75) is 20.8 Å². The minimum Gasteiger partial charge on any atom is -0.502 e. The summed E-state index contributed by atoms with van der Waals surface area (Å²) >= 11 is 0. The predicted molar refractivity (Wildman–Crippen MR) is 76.4 cm³/mol. The second-order valence-electron chi connectivity index (χ2n) is 4.65. The van der Waals surface area contributed by atoms with E-state index < -0.39 is 0 Å². The zero-order valence-corrected chi connectivity index (χ0v) is 12.3. The van der Waals surface area contributed by atoms with Gasteiger partial charge in [0, 0.05) is 0 Å². The SMILES string of the molecule is COc1cc(C)cc(C)c1-c1nc(C)c(O)c(OC)n1. The zero-order valence-electron chi connectivity index (χ0n) is 12.3. The molecule has 0 aliphatic heterocycles. The lowest BCUT2D eigenvalue weighted by Gasteiger charge is -2.13. The molecule has 1 heterocycles. The van der Waals surface area contributed by atoms with Crippen molar-refractivity contribution < 1.29 is 14.6 Å². The summed E-state index contributed by atoms with van der Waals surface area (Å²) < 4.78 is 10.5. The second kappa shape index (κ2) is 5.36. The number of benzene rings is 1. The number of hydrogen-bond donors (Lipinski definition) is 1. The molecule has 5 heteroatoms. The molecule has 0 aliphatic rings. The van der Waals surface area contributed by atoms with Crippen LogP contribution in [0.1, 0.15) is 16.8 Å². The summed E-state index contributed by atoms with van der Waals surface area (Å²) in [6.07, 6.45) is 0. The van der Waals surface area contributed by atoms with Crippen LogP contribution in [-0.4, -0.2) is 29.3 Å². The lowest BCUT2D eigenvalue weighted by molar-refractivity contribution is 0.355. The van der Waals surface area contributed by atoms with E-state index >= 15 is 0 Å².